The molecular formula is C43H81N2O6P. The third kappa shape index (κ3) is 36.8. The van der Waals surface area contributed by atoms with Gasteiger partial charge in [0, 0.05) is 13.0 Å². The van der Waals surface area contributed by atoms with Crippen molar-refractivity contribution < 1.29 is 28.4 Å². The smallest absolute Gasteiger partial charge is 0.387 e. The monoisotopic (exact) mass is 753 g/mol. The van der Waals surface area contributed by atoms with E-state index in [1.54, 1.807) is 6.08 Å². The SMILES string of the molecule is CCCCCC/C=C\CCCCCCCC(=O)NC(COP(=O)(O)OCCN)C(O)/C=C/CC/C=C/CC/C=C/CCCCCCCCCCCC. The summed E-state index contributed by atoms with van der Waals surface area (Å²) in [7, 11) is -4.35. The van der Waals surface area contributed by atoms with Crippen LogP contribution in [0.5, 0.6) is 0 Å². The summed E-state index contributed by atoms with van der Waals surface area (Å²) in [5.74, 6) is -0.219. The Bertz CT molecular complexity index is 954. The second-order valence-electron chi connectivity index (χ2n) is 14.2. The van der Waals surface area contributed by atoms with E-state index in [2.05, 4.69) is 55.6 Å². The van der Waals surface area contributed by atoms with Crippen LogP contribution in [0.15, 0.2) is 48.6 Å². The molecule has 8 nitrogen and oxygen atoms in total. The molecule has 3 atom stereocenters. The second kappa shape index (κ2) is 39.2. The number of phosphoric ester groups is 1. The van der Waals surface area contributed by atoms with E-state index >= 15 is 0 Å². The van der Waals surface area contributed by atoms with Crippen molar-refractivity contribution in [2.24, 2.45) is 5.73 Å². The Labute approximate surface area is 320 Å². The summed E-state index contributed by atoms with van der Waals surface area (Å²) >= 11 is 0. The van der Waals surface area contributed by atoms with E-state index in [1.165, 1.54) is 103 Å². The van der Waals surface area contributed by atoms with Crippen LogP contribution in [0.1, 0.15) is 187 Å². The number of carbonyl (C=O) groups is 1. The molecule has 0 aromatic rings. The summed E-state index contributed by atoms with van der Waals surface area (Å²) in [4.78, 5) is 22.6. The van der Waals surface area contributed by atoms with E-state index < -0.39 is 20.0 Å². The summed E-state index contributed by atoms with van der Waals surface area (Å²) in [6.45, 7) is 4.07. The number of rotatable bonds is 39. The number of aliphatic hydroxyl groups is 1. The molecule has 0 aromatic carbocycles. The van der Waals surface area contributed by atoms with Crippen molar-refractivity contribution in [3.63, 3.8) is 0 Å². The lowest BCUT2D eigenvalue weighted by Gasteiger charge is -2.23. The van der Waals surface area contributed by atoms with Gasteiger partial charge in [-0.2, -0.15) is 0 Å². The number of phosphoric acid groups is 1. The van der Waals surface area contributed by atoms with Gasteiger partial charge in [-0.25, -0.2) is 4.57 Å². The first kappa shape index (κ1) is 50.5. The highest BCUT2D eigenvalue weighted by molar-refractivity contribution is 7.47. The highest BCUT2D eigenvalue weighted by Crippen LogP contribution is 2.43. The van der Waals surface area contributed by atoms with Crippen LogP contribution in [0.3, 0.4) is 0 Å². The maximum absolute atomic E-state index is 12.7. The number of nitrogens with one attached hydrogen (secondary N) is 1. The minimum atomic E-state index is -4.35. The van der Waals surface area contributed by atoms with Crippen LogP contribution in [0, 0.1) is 0 Å². The Hall–Kier alpha value is -1.54. The average molecular weight is 753 g/mol. The van der Waals surface area contributed by atoms with Crippen LogP contribution in [0.2, 0.25) is 0 Å². The molecule has 0 fully saturated rings. The van der Waals surface area contributed by atoms with Gasteiger partial charge in [0.2, 0.25) is 5.91 Å². The fraction of sp³-hybridized carbons (Fsp3) is 0.791. The van der Waals surface area contributed by atoms with Crippen LogP contribution in [-0.2, 0) is 18.4 Å². The molecule has 304 valence electrons. The topological polar surface area (TPSA) is 131 Å². The fourth-order valence-corrected chi connectivity index (χ4v) is 6.62. The van der Waals surface area contributed by atoms with Gasteiger partial charge in [0.15, 0.2) is 0 Å². The van der Waals surface area contributed by atoms with Crippen molar-refractivity contribution in [2.75, 3.05) is 19.8 Å². The van der Waals surface area contributed by atoms with Gasteiger partial charge in [0.1, 0.15) is 0 Å². The molecule has 0 rings (SSSR count). The lowest BCUT2D eigenvalue weighted by molar-refractivity contribution is -0.123. The van der Waals surface area contributed by atoms with Gasteiger partial charge in [-0.05, 0) is 70.6 Å². The molecule has 0 saturated carbocycles. The standard InChI is InChI=1S/C43H81N2O6P/c1-3-5-7-9-11-13-15-17-18-19-20-21-22-23-25-26-28-30-32-34-36-42(46)41(40-51-52(48,49)50-39-38-44)45-43(47)37-35-33-31-29-27-24-16-14-12-10-8-6-4-2/h14,16,21-22,26,28,34,36,41-42,46H,3-13,15,17-20,23-25,27,29-33,35,37-40,44H2,1-2H3,(H,45,47)(H,48,49)/b16-14-,22-21+,28-26+,36-34+. The van der Waals surface area contributed by atoms with Gasteiger partial charge < -0.3 is 21.1 Å². The maximum atomic E-state index is 12.7. The van der Waals surface area contributed by atoms with E-state index in [9.17, 15) is 19.4 Å². The fourth-order valence-electron chi connectivity index (χ4n) is 5.86. The van der Waals surface area contributed by atoms with Crippen molar-refractivity contribution in [3.8, 4) is 0 Å². The first-order chi connectivity index (χ1) is 25.4. The molecular weight excluding hydrogens is 671 g/mol. The number of nitrogens with two attached hydrogens (primary N) is 1. The second-order valence-corrected chi connectivity index (χ2v) is 15.6. The summed E-state index contributed by atoms with van der Waals surface area (Å²) in [5, 5.41) is 13.6. The highest BCUT2D eigenvalue weighted by Gasteiger charge is 2.26. The van der Waals surface area contributed by atoms with E-state index in [1.807, 2.05) is 6.08 Å². The Balaban J connectivity index is 4.32. The lowest BCUT2D eigenvalue weighted by Crippen LogP contribution is -2.45. The van der Waals surface area contributed by atoms with E-state index in [-0.39, 0.29) is 25.7 Å². The molecule has 0 aliphatic carbocycles. The Morgan fingerprint density at radius 1 is 0.615 bits per heavy atom. The first-order valence-electron chi connectivity index (χ1n) is 21.3. The molecule has 0 bridgehead atoms. The first-order valence-corrected chi connectivity index (χ1v) is 22.8. The minimum absolute atomic E-state index is 0.0693. The number of hydrogen-bond acceptors (Lipinski definition) is 6. The van der Waals surface area contributed by atoms with Gasteiger partial charge in [-0.1, -0.05) is 159 Å². The van der Waals surface area contributed by atoms with E-state index in [4.69, 9.17) is 14.8 Å². The molecule has 0 aromatic heterocycles. The van der Waals surface area contributed by atoms with Crippen LogP contribution in [0.25, 0.3) is 0 Å². The van der Waals surface area contributed by atoms with Crippen molar-refractivity contribution in [2.45, 2.75) is 199 Å². The molecule has 0 aliphatic rings. The van der Waals surface area contributed by atoms with Crippen molar-refractivity contribution in [1.29, 1.82) is 0 Å². The van der Waals surface area contributed by atoms with Crippen molar-refractivity contribution >= 4 is 13.7 Å². The Kier molecular flexibility index (Phi) is 38.0. The molecule has 9 heteroatoms. The van der Waals surface area contributed by atoms with E-state index in [0.717, 1.165) is 64.2 Å². The molecule has 3 unspecified atom stereocenters. The molecule has 1 amide bonds. The zero-order chi connectivity index (χ0) is 38.2. The largest absolute Gasteiger partial charge is 0.472 e. The number of amides is 1. The van der Waals surface area contributed by atoms with Gasteiger partial charge in [0.25, 0.3) is 0 Å². The highest BCUT2D eigenvalue weighted by atomic mass is 31.2. The number of carbonyl (C=O) groups excluding carboxylic acids is 1. The minimum Gasteiger partial charge on any atom is -0.387 e. The molecule has 0 saturated heterocycles. The number of unbranched alkanes of at least 4 members (excludes halogenated alkanes) is 21. The summed E-state index contributed by atoms with van der Waals surface area (Å²) < 4.78 is 22.1. The zero-order valence-corrected chi connectivity index (χ0v) is 34.4. The molecule has 5 N–H and O–H groups in total. The third-order valence-corrected chi connectivity index (χ3v) is 10.1. The number of hydrogen-bond donors (Lipinski definition) is 4. The molecule has 52 heavy (non-hydrogen) atoms. The zero-order valence-electron chi connectivity index (χ0n) is 33.5. The molecule has 0 spiro atoms. The van der Waals surface area contributed by atoms with Crippen molar-refractivity contribution in [3.05, 3.63) is 48.6 Å². The molecule has 0 heterocycles. The van der Waals surface area contributed by atoms with Gasteiger partial charge in [-0.3, -0.25) is 13.8 Å². The number of allylic oxidation sites excluding steroid dienone is 7. The Morgan fingerprint density at radius 2 is 1.02 bits per heavy atom. The van der Waals surface area contributed by atoms with Crippen LogP contribution < -0.4 is 11.1 Å². The van der Waals surface area contributed by atoms with Crippen LogP contribution >= 0.6 is 7.82 Å². The molecule has 0 radical (unpaired) electrons. The summed E-state index contributed by atoms with van der Waals surface area (Å²) in [6.07, 6.45) is 47.3. The van der Waals surface area contributed by atoms with Crippen molar-refractivity contribution in [1.82, 2.24) is 5.32 Å². The maximum Gasteiger partial charge on any atom is 0.472 e. The lowest BCUT2D eigenvalue weighted by atomic mass is 10.1. The van der Waals surface area contributed by atoms with Crippen LogP contribution in [-0.4, -0.2) is 47.8 Å². The van der Waals surface area contributed by atoms with Crippen LogP contribution in [0.4, 0.5) is 0 Å². The predicted octanol–water partition coefficient (Wildman–Crippen LogP) is 11.7. The van der Waals surface area contributed by atoms with E-state index in [0.29, 0.717) is 6.42 Å². The van der Waals surface area contributed by atoms with Gasteiger partial charge >= 0.3 is 7.82 Å². The summed E-state index contributed by atoms with van der Waals surface area (Å²) in [5.41, 5.74) is 5.36. The van der Waals surface area contributed by atoms with Gasteiger partial charge in [-0.15, -0.1) is 0 Å². The normalized spacial score (nSPS) is 14.6. The number of aliphatic hydroxyl groups excluding tert-OH is 1. The van der Waals surface area contributed by atoms with Gasteiger partial charge in [0.05, 0.1) is 25.4 Å². The quantitative estimate of drug-likeness (QED) is 0.0279. The Morgan fingerprint density at radius 3 is 1.50 bits per heavy atom. The molecule has 0 aliphatic heterocycles. The third-order valence-electron chi connectivity index (χ3n) is 9.10. The average Bonchev–Trinajstić information content (AvgIpc) is 3.13. The predicted molar refractivity (Wildman–Crippen MR) is 221 cm³/mol. The summed E-state index contributed by atoms with van der Waals surface area (Å²) in [6, 6.07) is -0.887.